The van der Waals surface area contributed by atoms with Gasteiger partial charge in [-0.15, -0.1) is 0 Å². The average Bonchev–Trinajstić information content (AvgIpc) is 2.51. The number of likely N-dealkylation sites (N-methyl/N-ethyl adjacent to an activating group) is 1. The largest absolute Gasteiger partial charge is 0.315 e. The first-order chi connectivity index (χ1) is 7.72. The van der Waals surface area contributed by atoms with E-state index in [0.29, 0.717) is 0 Å². The quantitative estimate of drug-likeness (QED) is 0.725. The Kier molecular flexibility index (Phi) is 4.26. The highest BCUT2D eigenvalue weighted by atomic mass is 15.2. The molecule has 94 valence electrons. The average molecular weight is 224 g/mol. The third kappa shape index (κ3) is 2.60. The van der Waals surface area contributed by atoms with Crippen molar-refractivity contribution >= 4 is 0 Å². The van der Waals surface area contributed by atoms with Crippen LogP contribution in [0.2, 0.25) is 0 Å². The molecule has 1 heterocycles. The molecule has 0 aromatic carbocycles. The van der Waals surface area contributed by atoms with E-state index >= 15 is 0 Å². The van der Waals surface area contributed by atoms with E-state index in [1.807, 2.05) is 0 Å². The van der Waals surface area contributed by atoms with Crippen LogP contribution in [-0.2, 0) is 0 Å². The molecule has 1 saturated carbocycles. The molecule has 2 heteroatoms. The van der Waals surface area contributed by atoms with Gasteiger partial charge in [0.1, 0.15) is 0 Å². The molecular weight excluding hydrogens is 196 g/mol. The summed E-state index contributed by atoms with van der Waals surface area (Å²) in [6, 6.07) is 2.33. The highest BCUT2D eigenvalue weighted by Crippen LogP contribution is 2.30. The lowest BCUT2D eigenvalue weighted by Crippen LogP contribution is -2.49. The van der Waals surface area contributed by atoms with Gasteiger partial charge in [-0.05, 0) is 39.2 Å². The van der Waals surface area contributed by atoms with Crippen molar-refractivity contribution in [1.29, 1.82) is 0 Å². The zero-order valence-electron chi connectivity index (χ0n) is 11.2. The molecule has 0 spiro atoms. The predicted octanol–water partition coefficient (Wildman–Crippen LogP) is 2.64. The molecule has 0 aromatic rings. The van der Waals surface area contributed by atoms with E-state index in [2.05, 4.69) is 31.1 Å². The molecule has 16 heavy (non-hydrogen) atoms. The monoisotopic (exact) mass is 224 g/mol. The minimum atomic E-state index is 0.732. The smallest absolute Gasteiger partial charge is 0.0252 e. The summed E-state index contributed by atoms with van der Waals surface area (Å²) in [6.07, 6.45) is 8.46. The van der Waals surface area contributed by atoms with Crippen molar-refractivity contribution in [1.82, 2.24) is 10.2 Å². The van der Waals surface area contributed by atoms with E-state index in [1.54, 1.807) is 0 Å². The molecule has 4 atom stereocenters. The summed E-state index contributed by atoms with van der Waals surface area (Å²) in [6.45, 7) is 6.15. The molecule has 2 fully saturated rings. The van der Waals surface area contributed by atoms with Gasteiger partial charge in [0.05, 0.1) is 0 Å². The van der Waals surface area contributed by atoms with Crippen LogP contribution in [-0.4, -0.2) is 36.6 Å². The van der Waals surface area contributed by atoms with Gasteiger partial charge in [0, 0.05) is 24.7 Å². The molecule has 0 aromatic heterocycles. The zero-order chi connectivity index (χ0) is 11.5. The molecule has 1 aliphatic carbocycles. The molecule has 0 amide bonds. The summed E-state index contributed by atoms with van der Waals surface area (Å²) in [5, 5.41) is 3.56. The van der Waals surface area contributed by atoms with Crippen LogP contribution >= 0.6 is 0 Å². The Labute approximate surface area is 101 Å². The Bertz CT molecular complexity index is 217. The lowest BCUT2D eigenvalue weighted by atomic mass is 10.0. The van der Waals surface area contributed by atoms with Gasteiger partial charge in [-0.2, -0.15) is 0 Å². The minimum absolute atomic E-state index is 0.732. The fraction of sp³-hybridized carbons (Fsp3) is 1.00. The number of likely N-dealkylation sites (tertiary alicyclic amines) is 1. The van der Waals surface area contributed by atoms with Crippen LogP contribution in [0.15, 0.2) is 0 Å². The summed E-state index contributed by atoms with van der Waals surface area (Å²) < 4.78 is 0. The van der Waals surface area contributed by atoms with Gasteiger partial charge in [-0.1, -0.05) is 26.2 Å². The summed E-state index contributed by atoms with van der Waals surface area (Å²) in [7, 11) is 2.15. The van der Waals surface area contributed by atoms with Crippen molar-refractivity contribution in [3.05, 3.63) is 0 Å². The highest BCUT2D eigenvalue weighted by Gasteiger charge is 2.35. The van der Waals surface area contributed by atoms with Crippen molar-refractivity contribution < 1.29 is 0 Å². The van der Waals surface area contributed by atoms with E-state index < -0.39 is 0 Å². The van der Waals surface area contributed by atoms with E-state index in [1.165, 1.54) is 45.1 Å². The SMILES string of the molecule is CNC1CCCCCC1N1CC(C)CC1C. The number of hydrogen-bond acceptors (Lipinski definition) is 2. The maximum atomic E-state index is 3.56. The summed E-state index contributed by atoms with van der Waals surface area (Å²) in [4.78, 5) is 2.79. The maximum Gasteiger partial charge on any atom is 0.0252 e. The Morgan fingerprint density at radius 1 is 1.06 bits per heavy atom. The van der Waals surface area contributed by atoms with Gasteiger partial charge in [0.15, 0.2) is 0 Å². The first-order valence-electron chi connectivity index (χ1n) is 7.15. The molecule has 0 bridgehead atoms. The van der Waals surface area contributed by atoms with Crippen molar-refractivity contribution in [3.8, 4) is 0 Å². The van der Waals surface area contributed by atoms with Crippen molar-refractivity contribution in [2.75, 3.05) is 13.6 Å². The molecule has 1 N–H and O–H groups in total. The Morgan fingerprint density at radius 2 is 1.81 bits per heavy atom. The Morgan fingerprint density at radius 3 is 2.44 bits per heavy atom. The minimum Gasteiger partial charge on any atom is -0.315 e. The summed E-state index contributed by atoms with van der Waals surface area (Å²) >= 11 is 0. The maximum absolute atomic E-state index is 3.56. The lowest BCUT2D eigenvalue weighted by molar-refractivity contribution is 0.143. The van der Waals surface area contributed by atoms with Gasteiger partial charge in [0.2, 0.25) is 0 Å². The zero-order valence-corrected chi connectivity index (χ0v) is 11.2. The normalized spacial score (nSPS) is 42.2. The van der Waals surface area contributed by atoms with Crippen LogP contribution in [0.5, 0.6) is 0 Å². The predicted molar refractivity (Wildman–Crippen MR) is 69.7 cm³/mol. The van der Waals surface area contributed by atoms with Crippen LogP contribution in [0, 0.1) is 5.92 Å². The molecule has 2 nitrogen and oxygen atoms in total. The van der Waals surface area contributed by atoms with Gasteiger partial charge < -0.3 is 5.32 Å². The molecular formula is C14H28N2. The van der Waals surface area contributed by atoms with Crippen molar-refractivity contribution in [2.24, 2.45) is 5.92 Å². The molecule has 2 rings (SSSR count). The second-order valence-electron chi connectivity index (χ2n) is 5.99. The molecule has 4 unspecified atom stereocenters. The fourth-order valence-electron chi connectivity index (χ4n) is 3.82. The third-order valence-electron chi connectivity index (χ3n) is 4.61. The first-order valence-corrected chi connectivity index (χ1v) is 7.15. The van der Waals surface area contributed by atoms with Crippen molar-refractivity contribution in [3.63, 3.8) is 0 Å². The van der Waals surface area contributed by atoms with E-state index in [-0.39, 0.29) is 0 Å². The fourth-order valence-corrected chi connectivity index (χ4v) is 3.82. The first kappa shape index (κ1) is 12.4. The second-order valence-corrected chi connectivity index (χ2v) is 5.99. The van der Waals surface area contributed by atoms with E-state index in [0.717, 1.165) is 24.0 Å². The lowest BCUT2D eigenvalue weighted by Gasteiger charge is -2.36. The summed E-state index contributed by atoms with van der Waals surface area (Å²) in [5.41, 5.74) is 0. The van der Waals surface area contributed by atoms with Gasteiger partial charge in [-0.25, -0.2) is 0 Å². The van der Waals surface area contributed by atoms with Crippen LogP contribution in [0.3, 0.4) is 0 Å². The molecule has 1 saturated heterocycles. The molecule has 2 aliphatic rings. The molecule has 1 aliphatic heterocycles. The second kappa shape index (κ2) is 5.50. The third-order valence-corrected chi connectivity index (χ3v) is 4.61. The van der Waals surface area contributed by atoms with Gasteiger partial charge >= 0.3 is 0 Å². The number of hydrogen-bond donors (Lipinski definition) is 1. The topological polar surface area (TPSA) is 15.3 Å². The van der Waals surface area contributed by atoms with E-state index in [9.17, 15) is 0 Å². The van der Waals surface area contributed by atoms with Crippen LogP contribution in [0.25, 0.3) is 0 Å². The van der Waals surface area contributed by atoms with Crippen LogP contribution < -0.4 is 5.32 Å². The number of nitrogens with zero attached hydrogens (tertiary/aromatic N) is 1. The standard InChI is InChI=1S/C14H28N2/c1-11-9-12(2)16(10-11)14-8-6-4-5-7-13(14)15-3/h11-15H,4-10H2,1-3H3. The van der Waals surface area contributed by atoms with Crippen molar-refractivity contribution in [2.45, 2.75) is 70.5 Å². The summed E-state index contributed by atoms with van der Waals surface area (Å²) in [5.74, 6) is 0.899. The van der Waals surface area contributed by atoms with Crippen LogP contribution in [0.1, 0.15) is 52.4 Å². The van der Waals surface area contributed by atoms with Gasteiger partial charge in [0.25, 0.3) is 0 Å². The highest BCUT2D eigenvalue weighted by molar-refractivity contribution is 4.92. The Balaban J connectivity index is 2.04. The van der Waals surface area contributed by atoms with Gasteiger partial charge in [-0.3, -0.25) is 4.90 Å². The van der Waals surface area contributed by atoms with E-state index in [4.69, 9.17) is 0 Å². The molecule has 0 radical (unpaired) electrons. The Hall–Kier alpha value is -0.0800. The number of nitrogens with one attached hydrogen (secondary N) is 1. The van der Waals surface area contributed by atoms with Crippen LogP contribution in [0.4, 0.5) is 0 Å². The number of rotatable bonds is 2.